The Bertz CT molecular complexity index is 1300. The quantitative estimate of drug-likeness (QED) is 0.484. The summed E-state index contributed by atoms with van der Waals surface area (Å²) in [6, 6.07) is 15.0. The number of fused-ring (bicyclic) bond motifs is 1. The Balaban J connectivity index is 1.47. The van der Waals surface area contributed by atoms with Crippen LogP contribution < -0.4 is 10.0 Å². The van der Waals surface area contributed by atoms with E-state index in [1.54, 1.807) is 53.2 Å². The van der Waals surface area contributed by atoms with Gasteiger partial charge in [-0.2, -0.15) is 5.10 Å². The number of carbonyl (C=O) groups is 1. The van der Waals surface area contributed by atoms with Crippen LogP contribution in [0.2, 0.25) is 0 Å². The number of hydrogen-bond donors (Lipinski definition) is 2. The van der Waals surface area contributed by atoms with Crippen LogP contribution in [0.3, 0.4) is 0 Å². The van der Waals surface area contributed by atoms with Crippen LogP contribution in [-0.2, 0) is 17.1 Å². The molecule has 0 bridgehead atoms. The van der Waals surface area contributed by atoms with E-state index in [-0.39, 0.29) is 10.8 Å². The average molecular weight is 441 g/mol. The molecule has 2 aromatic carbocycles. The lowest BCUT2D eigenvalue weighted by atomic mass is 10.2. The summed E-state index contributed by atoms with van der Waals surface area (Å²) in [5, 5.41) is 8.15. The molecular weight excluding hydrogens is 420 g/mol. The molecule has 0 aliphatic carbocycles. The van der Waals surface area contributed by atoms with Crippen molar-refractivity contribution >= 4 is 48.9 Å². The molecule has 0 atom stereocenters. The molecule has 2 N–H and O–H groups in total. The summed E-state index contributed by atoms with van der Waals surface area (Å²) in [6.45, 7) is 3.81. The molecule has 0 aliphatic heterocycles. The molecule has 0 spiro atoms. The Kier molecular flexibility index (Phi) is 5.08. The highest BCUT2D eigenvalue weighted by Crippen LogP contribution is 2.28. The molecule has 0 saturated heterocycles. The zero-order valence-corrected chi connectivity index (χ0v) is 18.3. The summed E-state index contributed by atoms with van der Waals surface area (Å²) >= 11 is 1.38. The normalized spacial score (nSPS) is 11.6. The summed E-state index contributed by atoms with van der Waals surface area (Å²) in [7, 11) is -1.82. The fraction of sp³-hybridized carbons (Fsp3) is 0.143. The second-order valence-corrected chi connectivity index (χ2v) is 9.70. The predicted octanol–water partition coefficient (Wildman–Crippen LogP) is 4.30. The lowest BCUT2D eigenvalue weighted by Gasteiger charge is -2.09. The third kappa shape index (κ3) is 3.94. The van der Waals surface area contributed by atoms with E-state index in [1.807, 2.05) is 27.0 Å². The van der Waals surface area contributed by atoms with Crippen LogP contribution in [0.25, 0.3) is 10.2 Å². The monoisotopic (exact) mass is 440 g/mol. The van der Waals surface area contributed by atoms with Gasteiger partial charge in [0.1, 0.15) is 4.83 Å². The number of amides is 1. The van der Waals surface area contributed by atoms with E-state index in [4.69, 9.17) is 0 Å². The van der Waals surface area contributed by atoms with Crippen molar-refractivity contribution in [2.75, 3.05) is 10.0 Å². The largest absolute Gasteiger partial charge is 0.321 e. The van der Waals surface area contributed by atoms with Crippen molar-refractivity contribution in [1.82, 2.24) is 9.78 Å². The molecule has 4 rings (SSSR count). The second-order valence-electron chi connectivity index (χ2n) is 6.99. The van der Waals surface area contributed by atoms with E-state index in [0.29, 0.717) is 16.3 Å². The third-order valence-corrected chi connectivity index (χ3v) is 7.24. The van der Waals surface area contributed by atoms with E-state index in [0.717, 1.165) is 21.5 Å². The molecule has 30 heavy (non-hydrogen) atoms. The first-order valence-corrected chi connectivity index (χ1v) is 11.5. The lowest BCUT2D eigenvalue weighted by Crippen LogP contribution is -2.13. The fourth-order valence-electron chi connectivity index (χ4n) is 3.06. The number of benzene rings is 2. The van der Waals surface area contributed by atoms with Crippen molar-refractivity contribution in [1.29, 1.82) is 0 Å². The van der Waals surface area contributed by atoms with Gasteiger partial charge in [-0.05, 0) is 56.3 Å². The summed E-state index contributed by atoms with van der Waals surface area (Å²) in [5.74, 6) is -0.219. The number of rotatable bonds is 5. The van der Waals surface area contributed by atoms with Crippen molar-refractivity contribution in [3.63, 3.8) is 0 Å². The van der Waals surface area contributed by atoms with Gasteiger partial charge in [0.05, 0.1) is 15.5 Å². The van der Waals surface area contributed by atoms with Gasteiger partial charge in [-0.3, -0.25) is 14.2 Å². The molecule has 7 nitrogen and oxygen atoms in total. The van der Waals surface area contributed by atoms with Crippen molar-refractivity contribution in [3.05, 3.63) is 70.7 Å². The first-order chi connectivity index (χ1) is 14.2. The molecule has 2 aromatic heterocycles. The highest BCUT2D eigenvalue weighted by Gasteiger charge is 2.16. The van der Waals surface area contributed by atoms with Gasteiger partial charge in [0.25, 0.3) is 15.9 Å². The van der Waals surface area contributed by atoms with Crippen molar-refractivity contribution < 1.29 is 13.2 Å². The van der Waals surface area contributed by atoms with Crippen molar-refractivity contribution in [3.8, 4) is 0 Å². The van der Waals surface area contributed by atoms with Gasteiger partial charge in [-0.25, -0.2) is 8.42 Å². The molecule has 2 heterocycles. The molecule has 154 valence electrons. The number of nitrogens with one attached hydrogen (secondary N) is 2. The standard InChI is InChI=1S/C21H20N4O3S2/c1-13-4-10-17(11-5-13)30(27,28)24-16-8-6-15(7-9-16)22-20(26)19-12-18-14(2)23-25(3)21(18)29-19/h4-12,24H,1-3H3,(H,22,26). The smallest absolute Gasteiger partial charge is 0.265 e. The molecule has 0 aliphatic rings. The van der Waals surface area contributed by atoms with Crippen LogP contribution in [0, 0.1) is 13.8 Å². The zero-order chi connectivity index (χ0) is 21.5. The molecule has 0 saturated carbocycles. The highest BCUT2D eigenvalue weighted by molar-refractivity contribution is 7.92. The number of thiophene rings is 1. The number of anilines is 2. The Labute approximate surface area is 178 Å². The van der Waals surface area contributed by atoms with Gasteiger partial charge >= 0.3 is 0 Å². The number of carbonyl (C=O) groups excluding carboxylic acids is 1. The van der Waals surface area contributed by atoms with Crippen LogP contribution in [0.4, 0.5) is 11.4 Å². The van der Waals surface area contributed by atoms with Gasteiger partial charge < -0.3 is 5.32 Å². The fourth-order valence-corrected chi connectivity index (χ4v) is 5.14. The minimum absolute atomic E-state index is 0.194. The van der Waals surface area contributed by atoms with E-state index < -0.39 is 10.0 Å². The topological polar surface area (TPSA) is 93.1 Å². The van der Waals surface area contributed by atoms with Gasteiger partial charge in [0.2, 0.25) is 0 Å². The number of aromatic nitrogens is 2. The maximum absolute atomic E-state index is 12.6. The molecule has 0 unspecified atom stereocenters. The molecule has 1 amide bonds. The third-order valence-electron chi connectivity index (χ3n) is 4.65. The zero-order valence-electron chi connectivity index (χ0n) is 16.6. The number of hydrogen-bond acceptors (Lipinski definition) is 5. The first-order valence-electron chi connectivity index (χ1n) is 9.17. The summed E-state index contributed by atoms with van der Waals surface area (Å²) < 4.78 is 29.3. The number of nitrogens with zero attached hydrogens (tertiary/aromatic N) is 2. The van der Waals surface area contributed by atoms with Gasteiger partial charge in [0.15, 0.2) is 0 Å². The van der Waals surface area contributed by atoms with Crippen molar-refractivity contribution in [2.24, 2.45) is 7.05 Å². The van der Waals surface area contributed by atoms with E-state index in [2.05, 4.69) is 15.1 Å². The second kappa shape index (κ2) is 7.58. The SMILES string of the molecule is Cc1ccc(S(=O)(=O)Nc2ccc(NC(=O)c3cc4c(C)nn(C)c4s3)cc2)cc1. The maximum atomic E-state index is 12.6. The van der Waals surface area contributed by atoms with E-state index in [1.165, 1.54) is 11.3 Å². The van der Waals surface area contributed by atoms with Crippen LogP contribution in [-0.4, -0.2) is 24.1 Å². The molecule has 9 heteroatoms. The average Bonchev–Trinajstić information content (AvgIpc) is 3.25. The van der Waals surface area contributed by atoms with Crippen LogP contribution in [0.15, 0.2) is 59.5 Å². The van der Waals surface area contributed by atoms with Crippen LogP contribution >= 0.6 is 11.3 Å². The molecule has 0 radical (unpaired) electrons. The van der Waals surface area contributed by atoms with Crippen molar-refractivity contribution in [2.45, 2.75) is 18.7 Å². The Morgan fingerprint density at radius 1 is 1.00 bits per heavy atom. The van der Waals surface area contributed by atoms with E-state index >= 15 is 0 Å². The van der Waals surface area contributed by atoms with Crippen LogP contribution in [0.1, 0.15) is 20.9 Å². The summed E-state index contributed by atoms with van der Waals surface area (Å²) in [6.07, 6.45) is 0. The maximum Gasteiger partial charge on any atom is 0.265 e. The Morgan fingerprint density at radius 3 is 2.27 bits per heavy atom. The molecular formula is C21H20N4O3S2. The first kappa shape index (κ1) is 20.1. The number of sulfonamides is 1. The summed E-state index contributed by atoms with van der Waals surface area (Å²) in [5.41, 5.74) is 2.86. The Morgan fingerprint density at radius 2 is 1.63 bits per heavy atom. The van der Waals surface area contributed by atoms with Gasteiger partial charge in [-0.1, -0.05) is 17.7 Å². The van der Waals surface area contributed by atoms with Gasteiger partial charge in [0, 0.05) is 23.8 Å². The van der Waals surface area contributed by atoms with E-state index in [9.17, 15) is 13.2 Å². The minimum Gasteiger partial charge on any atom is -0.321 e. The Hall–Kier alpha value is -3.17. The molecule has 4 aromatic rings. The molecule has 0 fully saturated rings. The van der Waals surface area contributed by atoms with Gasteiger partial charge in [-0.15, -0.1) is 11.3 Å². The summed E-state index contributed by atoms with van der Waals surface area (Å²) in [4.78, 5) is 14.3. The minimum atomic E-state index is -3.67. The predicted molar refractivity (Wildman–Crippen MR) is 120 cm³/mol. The van der Waals surface area contributed by atoms with Crippen LogP contribution in [0.5, 0.6) is 0 Å². The lowest BCUT2D eigenvalue weighted by molar-refractivity contribution is 0.103. The number of aryl methyl sites for hydroxylation is 3. The highest BCUT2D eigenvalue weighted by atomic mass is 32.2.